The lowest BCUT2D eigenvalue weighted by molar-refractivity contribution is 0.0120. The van der Waals surface area contributed by atoms with Gasteiger partial charge in [0.2, 0.25) is 0 Å². The Balaban J connectivity index is 1.65. The molecule has 2 rings (SSSR count). The number of carbonyl (C=O) groups excluding carboxylic acids is 1. The summed E-state index contributed by atoms with van der Waals surface area (Å²) in [5.41, 5.74) is 1.78. The molecule has 3 N–H and O–H groups in total. The first kappa shape index (κ1) is 15.8. The number of hydrogen-bond donors (Lipinski definition) is 3. The number of aliphatic hydroxyl groups is 1. The van der Waals surface area contributed by atoms with Crippen molar-refractivity contribution in [2.45, 2.75) is 44.9 Å². The van der Waals surface area contributed by atoms with Crippen molar-refractivity contribution in [1.82, 2.24) is 10.6 Å². The summed E-state index contributed by atoms with van der Waals surface area (Å²) in [6, 6.07) is 7.35. The van der Waals surface area contributed by atoms with Crippen LogP contribution in [0, 0.1) is 0 Å². The minimum atomic E-state index is -0.182. The molecule has 21 heavy (non-hydrogen) atoms. The normalized spacial score (nSPS) is 18.2. The molecule has 1 aromatic carbocycles. The highest BCUT2D eigenvalue weighted by Crippen LogP contribution is 2.14. The standard InChI is InChI=1S/C16H24N2O3/c19-12-14-6-2-1-5-13(14)11-18-16(20)17-9-8-15-7-3-4-10-21-15/h1-2,5-6,15,19H,3-4,7-12H2,(H2,17,18,20). The molecule has 1 unspecified atom stereocenters. The van der Waals surface area contributed by atoms with Gasteiger partial charge in [-0.1, -0.05) is 24.3 Å². The van der Waals surface area contributed by atoms with Crippen molar-refractivity contribution in [1.29, 1.82) is 0 Å². The Hall–Kier alpha value is -1.59. The van der Waals surface area contributed by atoms with Crippen molar-refractivity contribution in [3.05, 3.63) is 35.4 Å². The Morgan fingerprint density at radius 1 is 1.24 bits per heavy atom. The van der Waals surface area contributed by atoms with Crippen molar-refractivity contribution in [3.63, 3.8) is 0 Å². The van der Waals surface area contributed by atoms with Gasteiger partial charge in [0.1, 0.15) is 0 Å². The molecule has 1 saturated heterocycles. The van der Waals surface area contributed by atoms with Gasteiger partial charge < -0.3 is 20.5 Å². The number of benzene rings is 1. The molecule has 116 valence electrons. The highest BCUT2D eigenvalue weighted by molar-refractivity contribution is 5.73. The summed E-state index contributed by atoms with van der Waals surface area (Å²) in [5.74, 6) is 0. The average molecular weight is 292 g/mol. The lowest BCUT2D eigenvalue weighted by Gasteiger charge is -2.22. The van der Waals surface area contributed by atoms with Gasteiger partial charge in [0.25, 0.3) is 0 Å². The van der Waals surface area contributed by atoms with E-state index in [1.165, 1.54) is 6.42 Å². The maximum atomic E-state index is 11.7. The number of ether oxygens (including phenoxy) is 1. The molecule has 0 radical (unpaired) electrons. The van der Waals surface area contributed by atoms with Crippen LogP contribution in [0.25, 0.3) is 0 Å². The van der Waals surface area contributed by atoms with Crippen molar-refractivity contribution in [2.75, 3.05) is 13.2 Å². The van der Waals surface area contributed by atoms with Gasteiger partial charge in [0.05, 0.1) is 12.7 Å². The molecule has 0 bridgehead atoms. The summed E-state index contributed by atoms with van der Waals surface area (Å²) in [4.78, 5) is 11.7. The number of hydrogen-bond acceptors (Lipinski definition) is 3. The van der Waals surface area contributed by atoms with Crippen LogP contribution in [-0.4, -0.2) is 30.4 Å². The Kier molecular flexibility index (Phi) is 6.50. The van der Waals surface area contributed by atoms with Crippen LogP contribution in [-0.2, 0) is 17.9 Å². The molecule has 1 aliphatic rings. The predicted octanol–water partition coefficient (Wildman–Crippen LogP) is 1.94. The van der Waals surface area contributed by atoms with Crippen molar-refractivity contribution in [2.24, 2.45) is 0 Å². The Morgan fingerprint density at radius 3 is 2.76 bits per heavy atom. The van der Waals surface area contributed by atoms with Gasteiger partial charge in [-0.3, -0.25) is 0 Å². The number of aliphatic hydroxyl groups excluding tert-OH is 1. The van der Waals surface area contributed by atoms with E-state index in [0.29, 0.717) is 13.1 Å². The van der Waals surface area contributed by atoms with Gasteiger partial charge in [-0.15, -0.1) is 0 Å². The smallest absolute Gasteiger partial charge is 0.315 e. The quantitative estimate of drug-likeness (QED) is 0.750. The highest BCUT2D eigenvalue weighted by Gasteiger charge is 2.13. The van der Waals surface area contributed by atoms with Crippen LogP contribution in [0.1, 0.15) is 36.8 Å². The molecule has 0 aromatic heterocycles. The summed E-state index contributed by atoms with van der Waals surface area (Å²) in [7, 11) is 0. The van der Waals surface area contributed by atoms with E-state index in [1.807, 2.05) is 24.3 Å². The Bertz CT molecular complexity index is 445. The predicted molar refractivity (Wildman–Crippen MR) is 80.8 cm³/mol. The molecule has 1 aliphatic heterocycles. The number of amides is 2. The van der Waals surface area contributed by atoms with Crippen molar-refractivity contribution in [3.8, 4) is 0 Å². The molecule has 2 amide bonds. The highest BCUT2D eigenvalue weighted by atomic mass is 16.5. The van der Waals surface area contributed by atoms with E-state index in [1.54, 1.807) is 0 Å². The first-order valence-electron chi connectivity index (χ1n) is 7.60. The Morgan fingerprint density at radius 2 is 2.05 bits per heavy atom. The van der Waals surface area contributed by atoms with Crippen LogP contribution < -0.4 is 10.6 Å². The fourth-order valence-electron chi connectivity index (χ4n) is 2.50. The number of rotatable bonds is 6. The van der Waals surface area contributed by atoms with E-state index in [2.05, 4.69) is 10.6 Å². The molecule has 0 saturated carbocycles. The zero-order valence-corrected chi connectivity index (χ0v) is 12.3. The van der Waals surface area contributed by atoms with E-state index in [-0.39, 0.29) is 18.7 Å². The van der Waals surface area contributed by atoms with Gasteiger partial charge in [0.15, 0.2) is 0 Å². The molecule has 0 spiro atoms. The van der Waals surface area contributed by atoms with Gasteiger partial charge in [0, 0.05) is 19.7 Å². The second kappa shape index (κ2) is 8.64. The molecule has 5 nitrogen and oxygen atoms in total. The molecule has 1 atom stereocenters. The maximum Gasteiger partial charge on any atom is 0.315 e. The lowest BCUT2D eigenvalue weighted by Crippen LogP contribution is -2.37. The monoisotopic (exact) mass is 292 g/mol. The largest absolute Gasteiger partial charge is 0.392 e. The third-order valence-corrected chi connectivity index (χ3v) is 3.75. The van der Waals surface area contributed by atoms with Gasteiger partial charge in [-0.25, -0.2) is 4.79 Å². The fourth-order valence-corrected chi connectivity index (χ4v) is 2.50. The zero-order chi connectivity index (χ0) is 14.9. The van der Waals surface area contributed by atoms with Crippen LogP contribution in [0.15, 0.2) is 24.3 Å². The third kappa shape index (κ3) is 5.36. The topological polar surface area (TPSA) is 70.6 Å². The van der Waals surface area contributed by atoms with E-state index in [0.717, 1.165) is 37.0 Å². The van der Waals surface area contributed by atoms with Crippen LogP contribution in [0.3, 0.4) is 0 Å². The van der Waals surface area contributed by atoms with E-state index in [9.17, 15) is 9.90 Å². The Labute approximate surface area is 125 Å². The molecular formula is C16H24N2O3. The minimum absolute atomic E-state index is 0.0154. The molecule has 0 aliphatic carbocycles. The van der Waals surface area contributed by atoms with Crippen molar-refractivity contribution < 1.29 is 14.6 Å². The van der Waals surface area contributed by atoms with Crippen LogP contribution >= 0.6 is 0 Å². The third-order valence-electron chi connectivity index (χ3n) is 3.75. The van der Waals surface area contributed by atoms with Crippen molar-refractivity contribution >= 4 is 6.03 Å². The zero-order valence-electron chi connectivity index (χ0n) is 12.3. The molecule has 1 heterocycles. The molecule has 5 heteroatoms. The SMILES string of the molecule is O=C(NCCC1CCCCO1)NCc1ccccc1CO. The van der Waals surface area contributed by atoms with Crippen LogP contribution in [0.2, 0.25) is 0 Å². The molecule has 1 aromatic rings. The first-order valence-corrected chi connectivity index (χ1v) is 7.60. The summed E-state index contributed by atoms with van der Waals surface area (Å²) in [6.45, 7) is 1.87. The summed E-state index contributed by atoms with van der Waals surface area (Å²) >= 11 is 0. The fraction of sp³-hybridized carbons (Fsp3) is 0.562. The number of nitrogens with one attached hydrogen (secondary N) is 2. The second-order valence-electron chi connectivity index (χ2n) is 5.31. The second-order valence-corrected chi connectivity index (χ2v) is 5.31. The number of urea groups is 1. The lowest BCUT2D eigenvalue weighted by atomic mass is 10.1. The van der Waals surface area contributed by atoms with E-state index >= 15 is 0 Å². The first-order chi connectivity index (χ1) is 10.3. The number of carbonyl (C=O) groups is 1. The summed E-state index contributed by atoms with van der Waals surface area (Å²) in [5, 5.41) is 14.9. The molecule has 1 fully saturated rings. The van der Waals surface area contributed by atoms with Gasteiger partial charge in [-0.05, 0) is 36.8 Å². The van der Waals surface area contributed by atoms with Crippen LogP contribution in [0.4, 0.5) is 4.79 Å². The molecular weight excluding hydrogens is 268 g/mol. The minimum Gasteiger partial charge on any atom is -0.392 e. The van der Waals surface area contributed by atoms with E-state index in [4.69, 9.17) is 4.74 Å². The van der Waals surface area contributed by atoms with Gasteiger partial charge in [-0.2, -0.15) is 0 Å². The van der Waals surface area contributed by atoms with E-state index < -0.39 is 0 Å². The summed E-state index contributed by atoms with van der Waals surface area (Å²) < 4.78 is 5.62. The maximum absolute atomic E-state index is 11.7. The average Bonchev–Trinajstić information content (AvgIpc) is 2.54. The van der Waals surface area contributed by atoms with Gasteiger partial charge >= 0.3 is 6.03 Å². The summed E-state index contributed by atoms with van der Waals surface area (Å²) in [6.07, 6.45) is 4.60. The van der Waals surface area contributed by atoms with Crippen LogP contribution in [0.5, 0.6) is 0 Å².